The van der Waals surface area contributed by atoms with Gasteiger partial charge in [-0.1, -0.05) is 30.1 Å². The molecule has 2 unspecified atom stereocenters. The molecule has 2 atom stereocenters. The lowest BCUT2D eigenvalue weighted by molar-refractivity contribution is -0.149. The van der Waals surface area contributed by atoms with Gasteiger partial charge in [-0.2, -0.15) is 0 Å². The summed E-state index contributed by atoms with van der Waals surface area (Å²) in [6, 6.07) is 4.13. The van der Waals surface area contributed by atoms with Crippen LogP contribution in [0.25, 0.3) is 0 Å². The smallest absolute Gasteiger partial charge is 0.245 e. The summed E-state index contributed by atoms with van der Waals surface area (Å²) < 4.78 is 0. The molecular weight excluding hydrogens is 299 g/mol. The molecule has 4 nitrogen and oxygen atoms in total. The molecule has 1 heterocycles. The van der Waals surface area contributed by atoms with Crippen molar-refractivity contribution in [3.05, 3.63) is 33.8 Å². The van der Waals surface area contributed by atoms with E-state index in [1.807, 2.05) is 6.92 Å². The number of amides is 2. The van der Waals surface area contributed by atoms with E-state index in [0.717, 1.165) is 5.56 Å². The molecule has 108 valence electrons. The Labute approximate surface area is 128 Å². The number of halogens is 2. The molecule has 0 bridgehead atoms. The van der Waals surface area contributed by atoms with Gasteiger partial charge in [0.05, 0.1) is 0 Å². The van der Waals surface area contributed by atoms with Crippen LogP contribution in [0.1, 0.15) is 25.8 Å². The zero-order valence-electron chi connectivity index (χ0n) is 11.3. The molecular formula is C14H16Cl2N2O2. The maximum atomic E-state index is 12.3. The molecule has 1 aliphatic rings. The highest BCUT2D eigenvalue weighted by atomic mass is 35.5. The van der Waals surface area contributed by atoms with Crippen molar-refractivity contribution >= 4 is 35.0 Å². The topological polar surface area (TPSA) is 49.4 Å². The molecule has 1 N–H and O–H groups in total. The van der Waals surface area contributed by atoms with E-state index < -0.39 is 12.1 Å². The predicted molar refractivity (Wildman–Crippen MR) is 78.7 cm³/mol. The first-order chi connectivity index (χ1) is 9.43. The van der Waals surface area contributed by atoms with E-state index in [0.29, 0.717) is 16.5 Å². The number of carbonyl (C=O) groups is 2. The molecule has 2 amide bonds. The van der Waals surface area contributed by atoms with Crippen LogP contribution in [0.15, 0.2) is 18.2 Å². The van der Waals surface area contributed by atoms with Crippen molar-refractivity contribution in [2.24, 2.45) is 0 Å². The predicted octanol–water partition coefficient (Wildman–Crippen LogP) is 2.62. The van der Waals surface area contributed by atoms with Gasteiger partial charge in [0.25, 0.3) is 0 Å². The Morgan fingerprint density at radius 1 is 1.30 bits per heavy atom. The SMILES string of the molecule is CCC1C(=O)NC(C)C(=O)N1Cc1cc(Cl)ccc1Cl. The Morgan fingerprint density at radius 3 is 2.65 bits per heavy atom. The first kappa shape index (κ1) is 15.1. The summed E-state index contributed by atoms with van der Waals surface area (Å²) in [5.74, 6) is -0.231. The fourth-order valence-corrected chi connectivity index (χ4v) is 2.73. The van der Waals surface area contributed by atoms with E-state index in [2.05, 4.69) is 5.32 Å². The Morgan fingerprint density at radius 2 is 2.00 bits per heavy atom. The maximum absolute atomic E-state index is 12.3. The van der Waals surface area contributed by atoms with Crippen LogP contribution in [0.3, 0.4) is 0 Å². The van der Waals surface area contributed by atoms with E-state index in [1.54, 1.807) is 30.0 Å². The molecule has 0 aliphatic carbocycles. The van der Waals surface area contributed by atoms with E-state index in [1.165, 1.54) is 0 Å². The van der Waals surface area contributed by atoms with Crippen molar-refractivity contribution < 1.29 is 9.59 Å². The van der Waals surface area contributed by atoms with Crippen LogP contribution in [0.2, 0.25) is 10.0 Å². The van der Waals surface area contributed by atoms with Crippen LogP contribution in [-0.2, 0) is 16.1 Å². The highest BCUT2D eigenvalue weighted by Crippen LogP contribution is 2.24. The molecule has 1 aromatic carbocycles. The Bertz CT molecular complexity index is 548. The molecule has 0 saturated carbocycles. The lowest BCUT2D eigenvalue weighted by Gasteiger charge is -2.37. The standard InChI is InChI=1S/C14H16Cl2N2O2/c1-3-12-13(19)17-8(2)14(20)18(12)7-9-6-10(15)4-5-11(9)16/h4-6,8,12H,3,7H2,1-2H3,(H,17,19). The van der Waals surface area contributed by atoms with E-state index >= 15 is 0 Å². The third-order valence-electron chi connectivity index (χ3n) is 3.43. The molecule has 1 aromatic rings. The molecule has 6 heteroatoms. The van der Waals surface area contributed by atoms with Crippen LogP contribution in [-0.4, -0.2) is 28.8 Å². The zero-order valence-corrected chi connectivity index (χ0v) is 12.8. The number of nitrogens with one attached hydrogen (secondary N) is 1. The quantitative estimate of drug-likeness (QED) is 0.932. The third-order valence-corrected chi connectivity index (χ3v) is 4.03. The van der Waals surface area contributed by atoms with Crippen molar-refractivity contribution in [3.8, 4) is 0 Å². The maximum Gasteiger partial charge on any atom is 0.245 e. The Balaban J connectivity index is 2.30. The second kappa shape index (κ2) is 6.02. The number of carbonyl (C=O) groups excluding carboxylic acids is 2. The number of rotatable bonds is 3. The first-order valence-corrected chi connectivity index (χ1v) is 7.24. The van der Waals surface area contributed by atoms with Gasteiger partial charge in [-0.05, 0) is 37.1 Å². The molecule has 1 saturated heterocycles. The van der Waals surface area contributed by atoms with Crippen LogP contribution in [0.5, 0.6) is 0 Å². The van der Waals surface area contributed by atoms with Gasteiger partial charge in [-0.3, -0.25) is 9.59 Å². The summed E-state index contributed by atoms with van der Waals surface area (Å²) in [7, 11) is 0. The van der Waals surface area contributed by atoms with Crippen LogP contribution in [0, 0.1) is 0 Å². The largest absolute Gasteiger partial charge is 0.343 e. The van der Waals surface area contributed by atoms with Crippen molar-refractivity contribution in [1.82, 2.24) is 10.2 Å². The average Bonchev–Trinajstić information content (AvgIpc) is 2.40. The molecule has 1 aliphatic heterocycles. The molecule has 2 rings (SSSR count). The van der Waals surface area contributed by atoms with Gasteiger partial charge in [0.2, 0.25) is 11.8 Å². The van der Waals surface area contributed by atoms with Crippen LogP contribution < -0.4 is 5.32 Å². The van der Waals surface area contributed by atoms with E-state index in [9.17, 15) is 9.59 Å². The van der Waals surface area contributed by atoms with Gasteiger partial charge in [-0.25, -0.2) is 0 Å². The highest BCUT2D eigenvalue weighted by molar-refractivity contribution is 6.33. The van der Waals surface area contributed by atoms with Crippen LogP contribution in [0.4, 0.5) is 0 Å². The van der Waals surface area contributed by atoms with Crippen molar-refractivity contribution in [1.29, 1.82) is 0 Å². The van der Waals surface area contributed by atoms with Gasteiger partial charge in [-0.15, -0.1) is 0 Å². The zero-order chi connectivity index (χ0) is 14.9. The van der Waals surface area contributed by atoms with Crippen molar-refractivity contribution in [2.75, 3.05) is 0 Å². The Hall–Kier alpha value is -1.26. The lowest BCUT2D eigenvalue weighted by Crippen LogP contribution is -2.61. The van der Waals surface area contributed by atoms with E-state index in [-0.39, 0.29) is 18.4 Å². The van der Waals surface area contributed by atoms with Gasteiger partial charge in [0.1, 0.15) is 12.1 Å². The minimum absolute atomic E-state index is 0.104. The first-order valence-electron chi connectivity index (χ1n) is 6.48. The molecule has 0 radical (unpaired) electrons. The fraction of sp³-hybridized carbons (Fsp3) is 0.429. The van der Waals surface area contributed by atoms with Gasteiger partial charge >= 0.3 is 0 Å². The number of hydrogen-bond donors (Lipinski definition) is 1. The van der Waals surface area contributed by atoms with Gasteiger partial charge < -0.3 is 10.2 Å². The second-order valence-electron chi connectivity index (χ2n) is 4.86. The number of nitrogens with zero attached hydrogens (tertiary/aromatic N) is 1. The monoisotopic (exact) mass is 314 g/mol. The summed E-state index contributed by atoms with van der Waals surface area (Å²) in [5.41, 5.74) is 0.743. The molecule has 0 spiro atoms. The van der Waals surface area contributed by atoms with E-state index in [4.69, 9.17) is 23.2 Å². The number of benzene rings is 1. The normalized spacial score (nSPS) is 22.9. The minimum Gasteiger partial charge on any atom is -0.343 e. The number of piperazine rings is 1. The lowest BCUT2D eigenvalue weighted by atomic mass is 10.0. The summed E-state index contributed by atoms with van der Waals surface area (Å²) in [5, 5.41) is 3.78. The fourth-order valence-electron chi connectivity index (χ4n) is 2.36. The third kappa shape index (κ3) is 2.91. The highest BCUT2D eigenvalue weighted by Gasteiger charge is 2.37. The Kier molecular flexibility index (Phi) is 4.55. The summed E-state index contributed by atoms with van der Waals surface area (Å²) in [4.78, 5) is 25.8. The summed E-state index contributed by atoms with van der Waals surface area (Å²) in [6.45, 7) is 3.84. The van der Waals surface area contributed by atoms with Crippen molar-refractivity contribution in [2.45, 2.75) is 38.9 Å². The summed E-state index contributed by atoms with van der Waals surface area (Å²) in [6.07, 6.45) is 0.558. The van der Waals surface area contributed by atoms with Crippen LogP contribution >= 0.6 is 23.2 Å². The molecule has 1 fully saturated rings. The average molecular weight is 315 g/mol. The molecule has 0 aromatic heterocycles. The van der Waals surface area contributed by atoms with Crippen molar-refractivity contribution in [3.63, 3.8) is 0 Å². The minimum atomic E-state index is -0.511. The van der Waals surface area contributed by atoms with Gasteiger partial charge in [0.15, 0.2) is 0 Å². The van der Waals surface area contributed by atoms with Gasteiger partial charge in [0, 0.05) is 16.6 Å². The number of hydrogen-bond acceptors (Lipinski definition) is 2. The molecule has 20 heavy (non-hydrogen) atoms. The second-order valence-corrected chi connectivity index (χ2v) is 5.70. The summed E-state index contributed by atoms with van der Waals surface area (Å²) >= 11 is 12.1.